The van der Waals surface area contributed by atoms with Crippen molar-refractivity contribution in [1.82, 2.24) is 34.4 Å². The third-order valence-electron chi connectivity index (χ3n) is 16.5. The van der Waals surface area contributed by atoms with E-state index in [2.05, 4.69) is 98.6 Å². The number of para-hydroxylation sites is 1. The Morgan fingerprint density at radius 2 is 1.32 bits per heavy atom. The highest BCUT2D eigenvalue weighted by Crippen LogP contribution is 2.36. The number of nitrogens with two attached hydrogens (primary N) is 1. The van der Waals surface area contributed by atoms with Crippen molar-refractivity contribution in [3.63, 3.8) is 0 Å². The van der Waals surface area contributed by atoms with E-state index >= 15 is 0 Å². The van der Waals surface area contributed by atoms with Crippen LogP contribution in [0.3, 0.4) is 0 Å². The molecule has 2 amide bonds. The van der Waals surface area contributed by atoms with Crippen LogP contribution < -0.4 is 16.0 Å². The van der Waals surface area contributed by atoms with Crippen molar-refractivity contribution in [2.75, 3.05) is 102 Å². The van der Waals surface area contributed by atoms with Crippen molar-refractivity contribution in [1.29, 1.82) is 0 Å². The second-order valence-electron chi connectivity index (χ2n) is 21.9. The van der Waals surface area contributed by atoms with Gasteiger partial charge < -0.3 is 30.7 Å². The number of hydrogen-bond acceptors (Lipinski definition) is 11. The molecule has 5 aromatic rings. The van der Waals surface area contributed by atoms with E-state index in [4.69, 9.17) is 10.7 Å². The number of carbonyl (C=O) groups is 2. The Labute approximate surface area is 459 Å². The van der Waals surface area contributed by atoms with Gasteiger partial charge in [-0.2, -0.15) is 5.10 Å². The number of likely N-dealkylation sites (tertiary alicyclic amines) is 4. The van der Waals surface area contributed by atoms with Gasteiger partial charge in [-0.3, -0.25) is 14.5 Å². The van der Waals surface area contributed by atoms with Gasteiger partial charge in [0, 0.05) is 69.9 Å². The van der Waals surface area contributed by atoms with Crippen LogP contribution in [0, 0.1) is 30.6 Å². The fourth-order valence-electron chi connectivity index (χ4n) is 12.3. The molecule has 5 aliphatic rings. The summed E-state index contributed by atoms with van der Waals surface area (Å²) in [6.45, 7) is 22.1. The number of aromatic nitrogens is 3. The number of rotatable bonds is 15. The topological polar surface area (TPSA) is 119 Å². The number of carbonyl (C=O) groups excluding carboxylic acids is 2. The first-order valence-corrected chi connectivity index (χ1v) is 30.5. The summed E-state index contributed by atoms with van der Waals surface area (Å²) < 4.78 is 3.18. The van der Waals surface area contributed by atoms with E-state index in [1.807, 2.05) is 65.0 Å². The summed E-state index contributed by atoms with van der Waals surface area (Å²) >= 11 is 3.69. The Balaban J connectivity index is 0.000000163. The zero-order chi connectivity index (χ0) is 51.7. The van der Waals surface area contributed by atoms with Crippen molar-refractivity contribution in [3.8, 4) is 0 Å². The second-order valence-corrected chi connectivity index (χ2v) is 23.8. The third-order valence-corrected chi connectivity index (χ3v) is 18.3. The molecule has 14 heteroatoms. The molecule has 5 aliphatic heterocycles. The Kier molecular flexibility index (Phi) is 23.4. The number of anilines is 2. The summed E-state index contributed by atoms with van der Waals surface area (Å²) in [7, 11) is 0. The summed E-state index contributed by atoms with van der Waals surface area (Å²) in [5.74, 6) is 4.01. The molecule has 5 saturated heterocycles. The van der Waals surface area contributed by atoms with Crippen LogP contribution in [0.4, 0.5) is 10.9 Å². The van der Waals surface area contributed by atoms with Gasteiger partial charge in [0.2, 0.25) is 11.8 Å². The van der Waals surface area contributed by atoms with Gasteiger partial charge in [-0.05, 0) is 137 Å². The van der Waals surface area contributed by atoms with Crippen molar-refractivity contribution in [3.05, 3.63) is 102 Å². The lowest BCUT2D eigenvalue weighted by Crippen LogP contribution is -2.42. The second kappa shape index (κ2) is 30.0. The van der Waals surface area contributed by atoms with Gasteiger partial charge in [0.1, 0.15) is 5.82 Å². The van der Waals surface area contributed by atoms with Gasteiger partial charge in [0.15, 0.2) is 5.13 Å². The van der Waals surface area contributed by atoms with Gasteiger partial charge in [-0.25, -0.2) is 9.67 Å². The minimum atomic E-state index is -0.0619. The molecule has 75 heavy (non-hydrogen) atoms. The van der Waals surface area contributed by atoms with Gasteiger partial charge in [-0.1, -0.05) is 125 Å². The number of piperidine rings is 1. The first-order chi connectivity index (χ1) is 36.2. The van der Waals surface area contributed by atoms with Crippen LogP contribution in [0.2, 0.25) is 0 Å². The summed E-state index contributed by atoms with van der Waals surface area (Å²) in [5, 5.41) is 8.57. The fraction of sp³-hybridized carbons (Fsp3) is 0.607. The number of benzene rings is 3. The van der Waals surface area contributed by atoms with Crippen molar-refractivity contribution in [2.45, 2.75) is 129 Å². The highest BCUT2D eigenvalue weighted by molar-refractivity contribution is 7.98. The van der Waals surface area contributed by atoms with Crippen molar-refractivity contribution < 1.29 is 9.59 Å². The molecule has 3 aromatic carbocycles. The Hall–Kier alpha value is -4.31. The average Bonchev–Trinajstić information content (AvgIpc) is 4.16. The summed E-state index contributed by atoms with van der Waals surface area (Å²) in [6, 6.07) is 27.6. The molecule has 0 unspecified atom stereocenters. The Morgan fingerprint density at radius 3 is 1.93 bits per heavy atom. The highest BCUT2D eigenvalue weighted by Gasteiger charge is 2.35. The van der Waals surface area contributed by atoms with Gasteiger partial charge in [-0.15, -0.1) is 11.8 Å². The molecule has 0 spiro atoms. The SMILES string of the molecule is C.CC[C@H]1CN(Cc2ccc(SC)cc2)C[C@H]1CN1CCCCCC1.CC[C@H]1CN(c2nc3ccccc3s2)C[C@H]1CN1CCCCCC1.Cc1cccc(CC(=O)Nc2ccnn2C2CCN(C(=O)CN)CC2)c1. The molecule has 0 saturated carbocycles. The van der Waals surface area contributed by atoms with E-state index in [0.29, 0.717) is 25.3 Å². The van der Waals surface area contributed by atoms with E-state index in [1.165, 1.54) is 150 Å². The predicted octanol–water partition coefficient (Wildman–Crippen LogP) is 11.5. The predicted molar refractivity (Wildman–Crippen MR) is 316 cm³/mol. The Bertz CT molecular complexity index is 2420. The fourth-order valence-corrected chi connectivity index (χ4v) is 13.7. The molecule has 5 fully saturated rings. The molecule has 2 aromatic heterocycles. The summed E-state index contributed by atoms with van der Waals surface area (Å²) in [5.41, 5.74) is 10.2. The minimum Gasteiger partial charge on any atom is -0.347 e. The molecule has 10 rings (SSSR count). The molecule has 410 valence electrons. The smallest absolute Gasteiger partial charge is 0.236 e. The number of amides is 2. The van der Waals surface area contributed by atoms with E-state index in [0.717, 1.165) is 59.7 Å². The molecule has 0 bridgehead atoms. The van der Waals surface area contributed by atoms with Crippen LogP contribution >= 0.6 is 23.1 Å². The number of thiazole rings is 1. The van der Waals surface area contributed by atoms with Gasteiger partial charge >= 0.3 is 0 Å². The molecule has 0 aliphatic carbocycles. The molecule has 3 N–H and O–H groups in total. The lowest BCUT2D eigenvalue weighted by Gasteiger charge is -2.32. The number of thioether (sulfide) groups is 1. The van der Waals surface area contributed by atoms with Crippen molar-refractivity contribution >= 4 is 56.1 Å². The molecular formula is C61H92N10O2S2. The molecule has 7 heterocycles. The van der Waals surface area contributed by atoms with Crippen molar-refractivity contribution in [2.24, 2.45) is 29.4 Å². The average molecular weight is 1060 g/mol. The highest BCUT2D eigenvalue weighted by atomic mass is 32.2. The van der Waals surface area contributed by atoms with E-state index in [9.17, 15) is 9.59 Å². The van der Waals surface area contributed by atoms with E-state index in [1.54, 1.807) is 11.1 Å². The summed E-state index contributed by atoms with van der Waals surface area (Å²) in [4.78, 5) is 42.9. The molecule has 0 radical (unpaired) electrons. The van der Waals surface area contributed by atoms with Crippen LogP contribution in [0.25, 0.3) is 10.2 Å². The molecule has 4 atom stereocenters. The first-order valence-electron chi connectivity index (χ1n) is 28.5. The summed E-state index contributed by atoms with van der Waals surface area (Å²) in [6.07, 6.45) is 19.7. The van der Waals surface area contributed by atoms with E-state index in [-0.39, 0.29) is 31.8 Å². The number of hydrogen-bond donors (Lipinski definition) is 2. The zero-order valence-electron chi connectivity index (χ0n) is 45.3. The normalized spacial score (nSPS) is 22.1. The number of fused-ring (bicyclic) bond motifs is 1. The molecular weight excluding hydrogens is 969 g/mol. The number of nitrogens with zero attached hydrogens (tertiary/aromatic N) is 8. The maximum atomic E-state index is 12.4. The first kappa shape index (κ1) is 58.4. The van der Waals surface area contributed by atoms with Crippen LogP contribution in [-0.4, -0.2) is 138 Å². The monoisotopic (exact) mass is 1060 g/mol. The minimum absolute atomic E-state index is 0. The number of aryl methyl sites for hydroxylation is 1. The van der Waals surface area contributed by atoms with Crippen LogP contribution in [-0.2, 0) is 22.6 Å². The standard InChI is InChI=1S/C21H34N2S.C20H29N3S.C19H25N5O2.CH4/c1-3-19-15-23(14-18-8-10-21(24-2)11-9-18)17-20(19)16-22-12-6-4-5-7-13-22;1-2-16-14-23(20-21-18-9-5-6-10-19(18)24-20)15-17(16)13-22-11-7-3-4-8-12-22;1-14-3-2-4-15(11-14)12-18(25)22-17-5-8-21-24(17)16-6-9-23(10-7-16)19(26)13-20;/h8-11,19-20H,3-7,12-17H2,1-2H3;5-6,9-10,16-17H,2-4,7-8,11-15H2,1H3;2-5,8,11,16H,6-7,9-10,12-13,20H2,1H3,(H,22,25);1H4/t19-,20+;16-,17+;;/m00../s1. The maximum absolute atomic E-state index is 12.4. The largest absolute Gasteiger partial charge is 0.347 e. The lowest BCUT2D eigenvalue weighted by atomic mass is 9.93. The number of nitrogens with one attached hydrogen (secondary N) is 1. The van der Waals surface area contributed by atoms with Crippen LogP contribution in [0.15, 0.2) is 90.0 Å². The van der Waals surface area contributed by atoms with E-state index < -0.39 is 0 Å². The maximum Gasteiger partial charge on any atom is 0.236 e. The van der Waals surface area contributed by atoms with Crippen LogP contribution in [0.1, 0.15) is 121 Å². The third kappa shape index (κ3) is 17.1. The zero-order valence-corrected chi connectivity index (χ0v) is 47.0. The van der Waals surface area contributed by atoms with Gasteiger partial charge in [0.25, 0.3) is 0 Å². The van der Waals surface area contributed by atoms with Crippen LogP contribution in [0.5, 0.6) is 0 Å². The quantitative estimate of drug-likeness (QED) is 0.0981. The Morgan fingerprint density at radius 1 is 0.707 bits per heavy atom. The lowest BCUT2D eigenvalue weighted by molar-refractivity contribution is -0.131. The molecule has 12 nitrogen and oxygen atoms in total. The van der Waals surface area contributed by atoms with Gasteiger partial charge in [0.05, 0.1) is 35.4 Å².